The fourth-order valence-corrected chi connectivity index (χ4v) is 3.73. The fourth-order valence-electron chi connectivity index (χ4n) is 2.53. The van der Waals surface area contributed by atoms with Crippen molar-refractivity contribution in [1.82, 2.24) is 10.0 Å². The second kappa shape index (κ2) is 10.4. The molecule has 0 spiro atoms. The molecule has 3 amide bonds. The van der Waals surface area contributed by atoms with E-state index in [1.54, 1.807) is 26.0 Å². The maximum Gasteiger partial charge on any atom is 0.324 e. The van der Waals surface area contributed by atoms with Crippen LogP contribution in [0.25, 0.3) is 0 Å². The zero-order valence-corrected chi connectivity index (χ0v) is 18.1. The number of rotatable bonds is 9. The highest BCUT2D eigenvalue weighted by Gasteiger charge is 2.33. The van der Waals surface area contributed by atoms with Crippen LogP contribution in [0.3, 0.4) is 0 Å². The summed E-state index contributed by atoms with van der Waals surface area (Å²) in [7, 11) is -3.99. The Kier molecular flexibility index (Phi) is 8.78. The smallest absolute Gasteiger partial charge is 0.324 e. The third kappa shape index (κ3) is 7.82. The zero-order valence-electron chi connectivity index (χ0n) is 17.3. The molecule has 9 nitrogen and oxygen atoms in total. The second-order valence-corrected chi connectivity index (χ2v) is 9.29. The van der Waals surface area contributed by atoms with Crippen molar-refractivity contribution in [2.75, 3.05) is 0 Å². The van der Waals surface area contributed by atoms with Crippen LogP contribution in [-0.2, 0) is 24.3 Å². The minimum atomic E-state index is -3.99. The van der Waals surface area contributed by atoms with E-state index in [-0.39, 0.29) is 17.2 Å². The monoisotopic (exact) mass is 427 g/mol. The number of carbonyl (C=O) groups excluding carboxylic acids is 3. The first-order chi connectivity index (χ1) is 13.3. The number of urea groups is 1. The number of amides is 3. The van der Waals surface area contributed by atoms with Crippen molar-refractivity contribution in [3.63, 3.8) is 0 Å². The van der Waals surface area contributed by atoms with Crippen LogP contribution in [0.5, 0.6) is 0 Å². The van der Waals surface area contributed by atoms with Gasteiger partial charge in [-0.1, -0.05) is 45.4 Å². The SMILES string of the molecule is Cc1ccc(S(=O)(=O)N[C@@H](CC(C)C)C(=O)O[C@@H](C(=O)NC(N)=O)C(C)C)cc1. The molecule has 0 bridgehead atoms. The minimum absolute atomic E-state index is 0.0107. The van der Waals surface area contributed by atoms with E-state index in [2.05, 4.69) is 4.72 Å². The summed E-state index contributed by atoms with van der Waals surface area (Å²) in [5, 5.41) is 1.87. The number of carbonyl (C=O) groups is 3. The fraction of sp³-hybridized carbons (Fsp3) is 0.526. The number of esters is 1. The predicted molar refractivity (Wildman–Crippen MR) is 107 cm³/mol. The van der Waals surface area contributed by atoms with Crippen molar-refractivity contribution in [2.24, 2.45) is 17.6 Å². The topological polar surface area (TPSA) is 145 Å². The summed E-state index contributed by atoms with van der Waals surface area (Å²) in [5.74, 6) is -2.28. The van der Waals surface area contributed by atoms with Crippen molar-refractivity contribution < 1.29 is 27.5 Å². The quantitative estimate of drug-likeness (QED) is 0.509. The highest BCUT2D eigenvalue weighted by Crippen LogP contribution is 2.16. The van der Waals surface area contributed by atoms with Gasteiger partial charge in [-0.2, -0.15) is 4.72 Å². The van der Waals surface area contributed by atoms with Gasteiger partial charge in [-0.3, -0.25) is 14.9 Å². The number of aryl methyl sites for hydroxylation is 1. The molecule has 29 heavy (non-hydrogen) atoms. The normalized spacial score (nSPS) is 13.8. The largest absolute Gasteiger partial charge is 0.451 e. The third-order valence-electron chi connectivity index (χ3n) is 3.97. The standard InChI is InChI=1S/C19H29N3O6S/c1-11(2)10-15(22-29(26,27)14-8-6-13(5)7-9-14)18(24)28-16(12(3)4)17(23)21-19(20)25/h6-9,11-12,15-16,22H,10H2,1-5H3,(H3,20,21,23,25)/t15-,16+/m0/s1. The Morgan fingerprint density at radius 1 is 1.07 bits per heavy atom. The molecule has 0 saturated heterocycles. The highest BCUT2D eigenvalue weighted by atomic mass is 32.2. The van der Waals surface area contributed by atoms with E-state index in [9.17, 15) is 22.8 Å². The first-order valence-electron chi connectivity index (χ1n) is 9.23. The molecule has 0 radical (unpaired) electrons. The average molecular weight is 428 g/mol. The molecule has 1 rings (SSSR count). The van der Waals surface area contributed by atoms with Crippen molar-refractivity contribution in [2.45, 2.75) is 58.1 Å². The molecule has 0 aliphatic heterocycles. The van der Waals surface area contributed by atoms with Crippen LogP contribution in [-0.4, -0.2) is 38.5 Å². The van der Waals surface area contributed by atoms with Crippen molar-refractivity contribution in [1.29, 1.82) is 0 Å². The Morgan fingerprint density at radius 3 is 2.07 bits per heavy atom. The van der Waals surface area contributed by atoms with E-state index >= 15 is 0 Å². The summed E-state index contributed by atoms with van der Waals surface area (Å²) < 4.78 is 33.0. The van der Waals surface area contributed by atoms with E-state index in [4.69, 9.17) is 10.5 Å². The number of nitrogens with one attached hydrogen (secondary N) is 2. The first kappa shape index (κ1) is 24.6. The van der Waals surface area contributed by atoms with Gasteiger partial charge in [-0.15, -0.1) is 0 Å². The number of benzene rings is 1. The van der Waals surface area contributed by atoms with Crippen LogP contribution >= 0.6 is 0 Å². The van der Waals surface area contributed by atoms with Gasteiger partial charge in [0.15, 0.2) is 6.10 Å². The maximum absolute atomic E-state index is 12.7. The van der Waals surface area contributed by atoms with Crippen molar-refractivity contribution in [3.05, 3.63) is 29.8 Å². The van der Waals surface area contributed by atoms with Gasteiger partial charge in [-0.25, -0.2) is 13.2 Å². The zero-order chi connectivity index (χ0) is 22.4. The molecule has 0 heterocycles. The van der Waals surface area contributed by atoms with Crippen molar-refractivity contribution >= 4 is 27.9 Å². The summed E-state index contributed by atoms with van der Waals surface area (Å²) in [6, 6.07) is 3.89. The van der Waals surface area contributed by atoms with Crippen LogP contribution in [0, 0.1) is 18.8 Å². The lowest BCUT2D eigenvalue weighted by Crippen LogP contribution is -2.49. The van der Waals surface area contributed by atoms with Gasteiger partial charge in [0.1, 0.15) is 6.04 Å². The van der Waals surface area contributed by atoms with Crippen LogP contribution in [0.15, 0.2) is 29.2 Å². The van der Waals surface area contributed by atoms with Gasteiger partial charge in [0.25, 0.3) is 5.91 Å². The molecule has 0 unspecified atom stereocenters. The van der Waals surface area contributed by atoms with Gasteiger partial charge < -0.3 is 10.5 Å². The van der Waals surface area contributed by atoms with Gasteiger partial charge >= 0.3 is 12.0 Å². The van der Waals surface area contributed by atoms with Crippen LogP contribution in [0.4, 0.5) is 4.79 Å². The molecular formula is C19H29N3O6S. The molecular weight excluding hydrogens is 398 g/mol. The predicted octanol–water partition coefficient (Wildman–Crippen LogP) is 1.45. The molecule has 10 heteroatoms. The van der Waals surface area contributed by atoms with E-state index in [0.717, 1.165) is 5.56 Å². The molecule has 4 N–H and O–H groups in total. The van der Waals surface area contributed by atoms with Crippen molar-refractivity contribution in [3.8, 4) is 0 Å². The average Bonchev–Trinajstić information content (AvgIpc) is 2.57. The Hall–Kier alpha value is -2.46. The lowest BCUT2D eigenvalue weighted by atomic mass is 10.0. The van der Waals surface area contributed by atoms with Gasteiger partial charge in [0.05, 0.1) is 4.90 Å². The molecule has 162 valence electrons. The number of imide groups is 1. The number of hydrogen-bond acceptors (Lipinski definition) is 6. The van der Waals surface area contributed by atoms with Crippen LogP contribution < -0.4 is 15.8 Å². The first-order valence-corrected chi connectivity index (χ1v) is 10.7. The Labute approximate surface area is 171 Å². The summed E-state index contributed by atoms with van der Waals surface area (Å²) in [6.07, 6.45) is -1.14. The number of hydrogen-bond donors (Lipinski definition) is 3. The number of ether oxygens (including phenoxy) is 1. The third-order valence-corrected chi connectivity index (χ3v) is 5.46. The molecule has 1 aromatic rings. The number of nitrogens with two attached hydrogens (primary N) is 1. The van der Waals surface area contributed by atoms with Gasteiger partial charge in [-0.05, 0) is 37.3 Å². The van der Waals surface area contributed by atoms with Crippen LogP contribution in [0.1, 0.15) is 39.7 Å². The number of sulfonamides is 1. The summed E-state index contributed by atoms with van der Waals surface area (Å²) in [5.41, 5.74) is 5.83. The minimum Gasteiger partial charge on any atom is -0.451 e. The Balaban J connectivity index is 3.06. The van der Waals surface area contributed by atoms with Gasteiger partial charge in [0, 0.05) is 0 Å². The summed E-state index contributed by atoms with van der Waals surface area (Å²) in [4.78, 5) is 35.7. The second-order valence-electron chi connectivity index (χ2n) is 7.57. The lowest BCUT2D eigenvalue weighted by Gasteiger charge is -2.24. The molecule has 0 aliphatic carbocycles. The van der Waals surface area contributed by atoms with E-state index < -0.39 is 46.0 Å². The molecule has 0 saturated carbocycles. The maximum atomic E-state index is 12.7. The van der Waals surface area contributed by atoms with Gasteiger partial charge in [0.2, 0.25) is 10.0 Å². The van der Waals surface area contributed by atoms with Crippen LogP contribution in [0.2, 0.25) is 0 Å². The molecule has 1 aromatic carbocycles. The van der Waals surface area contributed by atoms with E-state index in [1.807, 2.05) is 26.1 Å². The Morgan fingerprint density at radius 2 is 1.62 bits per heavy atom. The summed E-state index contributed by atoms with van der Waals surface area (Å²) >= 11 is 0. The lowest BCUT2D eigenvalue weighted by molar-refractivity contribution is -0.160. The molecule has 0 fully saturated rings. The summed E-state index contributed by atoms with van der Waals surface area (Å²) in [6.45, 7) is 8.70. The Bertz CT molecular complexity index is 834. The van der Waals surface area contributed by atoms with E-state index in [0.29, 0.717) is 0 Å². The molecule has 0 aliphatic rings. The molecule has 0 aromatic heterocycles. The highest BCUT2D eigenvalue weighted by molar-refractivity contribution is 7.89. The van der Waals surface area contributed by atoms with E-state index in [1.165, 1.54) is 12.1 Å². The number of primary amides is 1. The molecule has 2 atom stereocenters.